The molecule has 0 spiro atoms. The van der Waals surface area contributed by atoms with Gasteiger partial charge in [-0.1, -0.05) is 0 Å². The van der Waals surface area contributed by atoms with E-state index in [9.17, 15) is 4.79 Å². The molecule has 6 nitrogen and oxygen atoms in total. The topological polar surface area (TPSA) is 90.8 Å². The minimum Gasteiger partial charge on any atom is -0.494 e. The molecule has 0 unspecified atom stereocenters. The average molecular weight is 265 g/mol. The Morgan fingerprint density at radius 3 is 2.68 bits per heavy atom. The number of ether oxygens (including phenoxy) is 2. The number of nitrogens with zero attached hydrogens (tertiary/aromatic N) is 1. The van der Waals surface area contributed by atoms with Crippen molar-refractivity contribution >= 4 is 23.4 Å². The molecule has 104 valence electrons. The third-order valence-electron chi connectivity index (χ3n) is 2.40. The lowest BCUT2D eigenvalue weighted by Gasteiger charge is -2.18. The summed E-state index contributed by atoms with van der Waals surface area (Å²) in [5.41, 5.74) is 7.70. The summed E-state index contributed by atoms with van der Waals surface area (Å²) in [5.74, 6) is 5.82. The number of carbonyl (C=O) groups excluding carboxylic acids is 1. The van der Waals surface area contributed by atoms with Gasteiger partial charge in [0, 0.05) is 13.1 Å². The molecule has 0 aliphatic carbocycles. The normalized spacial score (nSPS) is 10.5. The van der Waals surface area contributed by atoms with Gasteiger partial charge in [-0.3, -0.25) is 0 Å². The van der Waals surface area contributed by atoms with E-state index >= 15 is 0 Å². The van der Waals surface area contributed by atoms with Crippen LogP contribution in [0.1, 0.15) is 12.5 Å². The first kappa shape index (κ1) is 14.8. The summed E-state index contributed by atoms with van der Waals surface area (Å²) in [6.45, 7) is 2.09. The zero-order chi connectivity index (χ0) is 14.4. The molecule has 0 heterocycles. The van der Waals surface area contributed by atoms with Gasteiger partial charge in [-0.15, -0.1) is 0 Å². The van der Waals surface area contributed by atoms with Gasteiger partial charge in [0.25, 0.3) is 0 Å². The molecule has 0 radical (unpaired) electrons. The van der Waals surface area contributed by atoms with E-state index in [2.05, 4.69) is 0 Å². The smallest absolute Gasteiger partial charge is 0.330 e. The quantitative estimate of drug-likeness (QED) is 0.273. The van der Waals surface area contributed by atoms with Crippen LogP contribution in [-0.2, 0) is 9.53 Å². The van der Waals surface area contributed by atoms with Gasteiger partial charge in [-0.05, 0) is 30.7 Å². The van der Waals surface area contributed by atoms with Crippen LogP contribution < -0.4 is 21.3 Å². The van der Waals surface area contributed by atoms with E-state index in [4.69, 9.17) is 21.1 Å². The maximum absolute atomic E-state index is 11.2. The highest BCUT2D eigenvalue weighted by Crippen LogP contribution is 2.34. The number of nitrogen functional groups attached to an aromatic ring is 1. The molecule has 0 aromatic heterocycles. The third kappa shape index (κ3) is 3.89. The fraction of sp³-hybridized carbons (Fsp3) is 0.308. The minimum atomic E-state index is -0.403. The van der Waals surface area contributed by atoms with Crippen molar-refractivity contribution in [1.82, 2.24) is 0 Å². The van der Waals surface area contributed by atoms with Crippen LogP contribution in [0.15, 0.2) is 18.2 Å². The molecule has 19 heavy (non-hydrogen) atoms. The lowest BCUT2D eigenvalue weighted by molar-refractivity contribution is -0.137. The summed E-state index contributed by atoms with van der Waals surface area (Å²) in [4.78, 5) is 11.2. The molecule has 0 saturated carbocycles. The summed E-state index contributed by atoms with van der Waals surface area (Å²) in [6, 6.07) is 3.45. The average Bonchev–Trinajstić information content (AvgIpc) is 2.35. The lowest BCUT2D eigenvalue weighted by atomic mass is 10.1. The second-order valence-electron chi connectivity index (χ2n) is 3.86. The molecule has 0 atom stereocenters. The fourth-order valence-corrected chi connectivity index (χ4v) is 1.64. The second kappa shape index (κ2) is 6.65. The Morgan fingerprint density at radius 1 is 1.47 bits per heavy atom. The van der Waals surface area contributed by atoms with E-state index in [1.54, 1.807) is 32.2 Å². The van der Waals surface area contributed by atoms with Crippen LogP contribution in [0.5, 0.6) is 5.75 Å². The number of methoxy groups -OCH3 is 1. The van der Waals surface area contributed by atoms with Gasteiger partial charge in [0.05, 0.1) is 19.4 Å². The van der Waals surface area contributed by atoms with Crippen molar-refractivity contribution in [1.29, 1.82) is 0 Å². The maximum Gasteiger partial charge on any atom is 0.330 e. The highest BCUT2D eigenvalue weighted by Gasteiger charge is 2.11. The molecule has 1 aromatic rings. The molecular formula is C13H19N3O3. The fourth-order valence-electron chi connectivity index (χ4n) is 1.64. The number of hydrogen-bond acceptors (Lipinski definition) is 6. The Bertz CT molecular complexity index is 484. The first-order valence-electron chi connectivity index (χ1n) is 5.80. The molecule has 0 fully saturated rings. The van der Waals surface area contributed by atoms with Gasteiger partial charge in [-0.2, -0.15) is 0 Å². The Balaban J connectivity index is 3.05. The van der Waals surface area contributed by atoms with Crippen LogP contribution in [-0.4, -0.2) is 26.7 Å². The number of carbonyl (C=O) groups is 1. The number of hydrogen-bond donors (Lipinski definition) is 2. The van der Waals surface area contributed by atoms with E-state index in [0.717, 1.165) is 5.56 Å². The van der Waals surface area contributed by atoms with E-state index in [-0.39, 0.29) is 0 Å². The predicted octanol–water partition coefficient (Wildman–Crippen LogP) is 1.16. The highest BCUT2D eigenvalue weighted by molar-refractivity contribution is 5.88. The molecule has 0 bridgehead atoms. The van der Waals surface area contributed by atoms with Gasteiger partial charge in [0.2, 0.25) is 0 Å². The van der Waals surface area contributed by atoms with Gasteiger partial charge in [-0.25, -0.2) is 10.6 Å². The summed E-state index contributed by atoms with van der Waals surface area (Å²) < 4.78 is 10.0. The van der Waals surface area contributed by atoms with Gasteiger partial charge in [0.15, 0.2) is 0 Å². The largest absolute Gasteiger partial charge is 0.494 e. The van der Waals surface area contributed by atoms with Crippen molar-refractivity contribution in [2.45, 2.75) is 6.92 Å². The number of benzene rings is 1. The lowest BCUT2D eigenvalue weighted by Crippen LogP contribution is -2.26. The third-order valence-corrected chi connectivity index (χ3v) is 2.40. The summed E-state index contributed by atoms with van der Waals surface area (Å²) in [7, 11) is 3.20. The molecule has 1 aromatic carbocycles. The molecule has 0 amide bonds. The Hall–Kier alpha value is -2.21. The standard InChI is InChI=1S/C13H19N3O3/c1-4-19-12(17)6-5-9-7-10(14)13(16(2)15)11(8-9)18-3/h5-8H,4,14-15H2,1-3H3/b6-5+. The van der Waals surface area contributed by atoms with E-state index < -0.39 is 5.97 Å². The Morgan fingerprint density at radius 2 is 2.16 bits per heavy atom. The van der Waals surface area contributed by atoms with Crippen LogP contribution in [0, 0.1) is 0 Å². The maximum atomic E-state index is 11.2. The molecule has 0 aliphatic heterocycles. The van der Waals surface area contributed by atoms with Crippen molar-refractivity contribution < 1.29 is 14.3 Å². The van der Waals surface area contributed by atoms with Crippen molar-refractivity contribution in [3.63, 3.8) is 0 Å². The van der Waals surface area contributed by atoms with Gasteiger partial charge < -0.3 is 20.2 Å². The van der Waals surface area contributed by atoms with Crippen molar-refractivity contribution in [2.75, 3.05) is 31.5 Å². The first-order chi connectivity index (χ1) is 8.99. The predicted molar refractivity (Wildman–Crippen MR) is 75.7 cm³/mol. The van der Waals surface area contributed by atoms with E-state index in [1.807, 2.05) is 0 Å². The summed E-state index contributed by atoms with van der Waals surface area (Å²) in [6.07, 6.45) is 2.95. The van der Waals surface area contributed by atoms with Crippen molar-refractivity contribution in [3.05, 3.63) is 23.8 Å². The summed E-state index contributed by atoms with van der Waals surface area (Å²) in [5, 5.41) is 1.38. The van der Waals surface area contributed by atoms with Crippen LogP contribution in [0.3, 0.4) is 0 Å². The molecular weight excluding hydrogens is 246 g/mol. The molecule has 4 N–H and O–H groups in total. The van der Waals surface area contributed by atoms with Crippen LogP contribution in [0.2, 0.25) is 0 Å². The van der Waals surface area contributed by atoms with E-state index in [1.165, 1.54) is 18.2 Å². The molecule has 6 heteroatoms. The second-order valence-corrected chi connectivity index (χ2v) is 3.86. The van der Waals surface area contributed by atoms with Crippen LogP contribution >= 0.6 is 0 Å². The molecule has 1 rings (SSSR count). The number of hydrazine groups is 1. The highest BCUT2D eigenvalue weighted by atomic mass is 16.5. The zero-order valence-electron chi connectivity index (χ0n) is 11.3. The van der Waals surface area contributed by atoms with E-state index in [0.29, 0.717) is 23.7 Å². The molecule has 0 aliphatic rings. The summed E-state index contributed by atoms with van der Waals surface area (Å²) >= 11 is 0. The first-order valence-corrected chi connectivity index (χ1v) is 5.80. The SMILES string of the molecule is CCOC(=O)/C=C/c1cc(N)c(N(C)N)c(OC)c1. The van der Waals surface area contributed by atoms with Gasteiger partial charge in [0.1, 0.15) is 11.4 Å². The zero-order valence-corrected chi connectivity index (χ0v) is 11.3. The van der Waals surface area contributed by atoms with Crippen molar-refractivity contribution in [3.8, 4) is 5.75 Å². The monoisotopic (exact) mass is 265 g/mol. The van der Waals surface area contributed by atoms with Crippen LogP contribution in [0.25, 0.3) is 6.08 Å². The van der Waals surface area contributed by atoms with Crippen LogP contribution in [0.4, 0.5) is 11.4 Å². The minimum absolute atomic E-state index is 0.339. The number of rotatable bonds is 5. The van der Waals surface area contributed by atoms with Crippen molar-refractivity contribution in [2.24, 2.45) is 5.84 Å². The van der Waals surface area contributed by atoms with Gasteiger partial charge >= 0.3 is 5.97 Å². The number of esters is 1. The Kier molecular flexibility index (Phi) is 5.20. The molecule has 0 saturated heterocycles. The number of nitrogens with two attached hydrogens (primary N) is 2. The Labute approximate surface area is 112 Å². The number of anilines is 2.